The summed E-state index contributed by atoms with van der Waals surface area (Å²) in [6.45, 7) is 4.74. The number of carbonyl (C=O) groups excluding carboxylic acids is 1. The van der Waals surface area contributed by atoms with E-state index in [4.69, 9.17) is 0 Å². The van der Waals surface area contributed by atoms with Crippen LogP contribution in [0.2, 0.25) is 0 Å². The minimum Gasteiger partial charge on any atom is -0.352 e. The van der Waals surface area contributed by atoms with Crippen LogP contribution in [0.3, 0.4) is 0 Å². The Labute approximate surface area is 120 Å². The van der Waals surface area contributed by atoms with Gasteiger partial charge in [-0.1, -0.05) is 6.92 Å². The Bertz CT molecular complexity index is 611. The number of hydrogen-bond acceptors (Lipinski definition) is 3. The van der Waals surface area contributed by atoms with E-state index >= 15 is 0 Å². The summed E-state index contributed by atoms with van der Waals surface area (Å²) in [4.78, 5) is 11.9. The molecule has 0 unspecified atom stereocenters. The second kappa shape index (κ2) is 5.83. The third-order valence-electron chi connectivity index (χ3n) is 3.43. The highest BCUT2D eigenvalue weighted by atomic mass is 32.2. The van der Waals surface area contributed by atoms with Gasteiger partial charge in [-0.3, -0.25) is 9.10 Å². The number of hydrogen-bond donors (Lipinski definition) is 1. The van der Waals surface area contributed by atoms with Crippen LogP contribution in [0.5, 0.6) is 0 Å². The first kappa shape index (κ1) is 14.8. The lowest BCUT2D eigenvalue weighted by Gasteiger charge is -2.18. The van der Waals surface area contributed by atoms with Crippen molar-refractivity contribution in [2.24, 2.45) is 0 Å². The van der Waals surface area contributed by atoms with E-state index < -0.39 is 10.0 Å². The van der Waals surface area contributed by atoms with Crippen LogP contribution in [-0.4, -0.2) is 33.2 Å². The van der Waals surface area contributed by atoms with E-state index in [0.29, 0.717) is 30.8 Å². The van der Waals surface area contributed by atoms with Gasteiger partial charge in [-0.05, 0) is 43.5 Å². The average Bonchev–Trinajstić information content (AvgIpc) is 2.88. The van der Waals surface area contributed by atoms with E-state index in [-0.39, 0.29) is 11.7 Å². The van der Waals surface area contributed by atoms with Crippen LogP contribution >= 0.6 is 0 Å². The van der Waals surface area contributed by atoms with Gasteiger partial charge in [0.2, 0.25) is 10.0 Å². The van der Waals surface area contributed by atoms with Crippen molar-refractivity contribution in [2.75, 3.05) is 23.1 Å². The smallest absolute Gasteiger partial charge is 0.251 e. The Morgan fingerprint density at radius 1 is 1.35 bits per heavy atom. The first-order valence-electron chi connectivity index (χ1n) is 6.91. The van der Waals surface area contributed by atoms with Crippen LogP contribution in [0.15, 0.2) is 18.2 Å². The summed E-state index contributed by atoms with van der Waals surface area (Å²) in [5.74, 6) is -0.0167. The number of sulfonamides is 1. The second-order valence-electron chi connectivity index (χ2n) is 4.82. The number of rotatable bonds is 5. The van der Waals surface area contributed by atoms with Crippen LogP contribution in [0.25, 0.3) is 0 Å². The number of amides is 1. The Hall–Kier alpha value is -1.56. The number of fused-ring (bicyclic) bond motifs is 1. The molecule has 2 rings (SSSR count). The predicted molar refractivity (Wildman–Crippen MR) is 79.6 cm³/mol. The molecule has 1 aromatic rings. The van der Waals surface area contributed by atoms with Crippen LogP contribution in [-0.2, 0) is 16.4 Å². The zero-order valence-electron chi connectivity index (χ0n) is 11.8. The first-order chi connectivity index (χ1) is 9.49. The van der Waals surface area contributed by atoms with E-state index in [2.05, 4.69) is 5.32 Å². The summed E-state index contributed by atoms with van der Waals surface area (Å²) in [6, 6.07) is 5.22. The van der Waals surface area contributed by atoms with Gasteiger partial charge in [-0.25, -0.2) is 8.42 Å². The van der Waals surface area contributed by atoms with Gasteiger partial charge in [0, 0.05) is 18.7 Å². The molecular formula is C14H20N2O3S. The molecule has 1 aliphatic rings. The summed E-state index contributed by atoms with van der Waals surface area (Å²) in [5.41, 5.74) is 2.22. The molecule has 1 amide bonds. The molecular weight excluding hydrogens is 276 g/mol. The van der Waals surface area contributed by atoms with Crippen molar-refractivity contribution < 1.29 is 13.2 Å². The molecule has 1 N–H and O–H groups in total. The molecule has 1 heterocycles. The molecule has 0 aromatic heterocycles. The van der Waals surface area contributed by atoms with Crippen molar-refractivity contribution in [2.45, 2.75) is 26.7 Å². The van der Waals surface area contributed by atoms with Gasteiger partial charge in [-0.15, -0.1) is 0 Å². The van der Waals surface area contributed by atoms with Gasteiger partial charge in [0.1, 0.15) is 0 Å². The highest BCUT2D eigenvalue weighted by Crippen LogP contribution is 2.31. The van der Waals surface area contributed by atoms with E-state index in [0.717, 1.165) is 12.0 Å². The highest BCUT2D eigenvalue weighted by Gasteiger charge is 2.28. The van der Waals surface area contributed by atoms with Crippen LogP contribution < -0.4 is 9.62 Å². The topological polar surface area (TPSA) is 66.5 Å². The molecule has 0 atom stereocenters. The van der Waals surface area contributed by atoms with Crippen molar-refractivity contribution >= 4 is 21.6 Å². The molecule has 0 bridgehead atoms. The average molecular weight is 296 g/mol. The molecule has 5 nitrogen and oxygen atoms in total. The number of nitrogens with zero attached hydrogens (tertiary/aromatic N) is 1. The van der Waals surface area contributed by atoms with Crippen molar-refractivity contribution in [3.8, 4) is 0 Å². The Kier molecular flexibility index (Phi) is 4.32. The third-order valence-corrected chi connectivity index (χ3v) is 5.21. The lowest BCUT2D eigenvalue weighted by Crippen LogP contribution is -2.30. The van der Waals surface area contributed by atoms with Gasteiger partial charge in [0.05, 0.1) is 11.4 Å². The van der Waals surface area contributed by atoms with Crippen molar-refractivity contribution in [1.82, 2.24) is 5.32 Å². The molecule has 110 valence electrons. The normalized spacial score (nSPS) is 14.2. The van der Waals surface area contributed by atoms with Crippen LogP contribution in [0, 0.1) is 0 Å². The van der Waals surface area contributed by atoms with Gasteiger partial charge in [0.25, 0.3) is 5.91 Å². The lowest BCUT2D eigenvalue weighted by molar-refractivity contribution is 0.0953. The molecule has 6 heteroatoms. The van der Waals surface area contributed by atoms with Crippen molar-refractivity contribution in [1.29, 1.82) is 0 Å². The maximum Gasteiger partial charge on any atom is 0.251 e. The monoisotopic (exact) mass is 296 g/mol. The van der Waals surface area contributed by atoms with E-state index in [9.17, 15) is 13.2 Å². The molecule has 0 fully saturated rings. The standard InChI is InChI=1S/C14H20N2O3S/c1-3-8-15-14(17)12-5-6-13-11(10-12)7-9-16(13)20(18,19)4-2/h5-6,10H,3-4,7-9H2,1-2H3,(H,15,17). The molecule has 0 radical (unpaired) electrons. The number of carbonyl (C=O) groups is 1. The summed E-state index contributed by atoms with van der Waals surface area (Å²) < 4.78 is 25.4. The molecule has 20 heavy (non-hydrogen) atoms. The van der Waals surface area contributed by atoms with E-state index in [1.165, 1.54) is 4.31 Å². The second-order valence-corrected chi connectivity index (χ2v) is 7.00. The summed E-state index contributed by atoms with van der Waals surface area (Å²) in [6.07, 6.45) is 1.54. The molecule has 1 aromatic carbocycles. The fourth-order valence-electron chi connectivity index (χ4n) is 2.30. The minimum absolute atomic E-state index is 0.0885. The summed E-state index contributed by atoms with van der Waals surface area (Å²) in [7, 11) is -3.23. The largest absolute Gasteiger partial charge is 0.352 e. The number of benzene rings is 1. The Morgan fingerprint density at radius 2 is 2.10 bits per heavy atom. The fourth-order valence-corrected chi connectivity index (χ4v) is 3.46. The SMILES string of the molecule is CCCNC(=O)c1ccc2c(c1)CCN2S(=O)(=O)CC. The van der Waals surface area contributed by atoms with Crippen molar-refractivity contribution in [3.63, 3.8) is 0 Å². The van der Waals surface area contributed by atoms with Gasteiger partial charge >= 0.3 is 0 Å². The highest BCUT2D eigenvalue weighted by molar-refractivity contribution is 7.92. The first-order valence-corrected chi connectivity index (χ1v) is 8.52. The fraction of sp³-hybridized carbons (Fsp3) is 0.500. The van der Waals surface area contributed by atoms with E-state index in [1.54, 1.807) is 25.1 Å². The van der Waals surface area contributed by atoms with Gasteiger partial charge < -0.3 is 5.32 Å². The molecule has 0 spiro atoms. The van der Waals surface area contributed by atoms with Crippen LogP contribution in [0.1, 0.15) is 36.2 Å². The molecule has 1 aliphatic heterocycles. The summed E-state index contributed by atoms with van der Waals surface area (Å²) in [5, 5.41) is 2.82. The Balaban J connectivity index is 2.25. The zero-order chi connectivity index (χ0) is 14.8. The predicted octanol–water partition coefficient (Wildman–Crippen LogP) is 1.54. The van der Waals surface area contributed by atoms with Crippen molar-refractivity contribution in [3.05, 3.63) is 29.3 Å². The van der Waals surface area contributed by atoms with Crippen LogP contribution in [0.4, 0.5) is 5.69 Å². The minimum atomic E-state index is -3.23. The molecule has 0 saturated heterocycles. The molecule has 0 aliphatic carbocycles. The third kappa shape index (κ3) is 2.80. The van der Waals surface area contributed by atoms with E-state index in [1.807, 2.05) is 6.92 Å². The maximum atomic E-state index is 12.0. The molecule has 0 saturated carbocycles. The lowest BCUT2D eigenvalue weighted by atomic mass is 10.1. The van der Waals surface area contributed by atoms with Gasteiger partial charge in [0.15, 0.2) is 0 Å². The Morgan fingerprint density at radius 3 is 2.75 bits per heavy atom. The quantitative estimate of drug-likeness (QED) is 0.896. The zero-order valence-corrected chi connectivity index (χ0v) is 12.7. The number of anilines is 1. The summed E-state index contributed by atoms with van der Waals surface area (Å²) >= 11 is 0. The maximum absolute atomic E-state index is 12.0. The number of nitrogens with one attached hydrogen (secondary N) is 1. The van der Waals surface area contributed by atoms with Gasteiger partial charge in [-0.2, -0.15) is 0 Å².